The van der Waals surface area contributed by atoms with Crippen LogP contribution < -0.4 is 5.56 Å². The average Bonchev–Trinajstić information content (AvgIpc) is 3.09. The van der Waals surface area contributed by atoms with Crippen molar-refractivity contribution in [3.05, 3.63) is 52.7 Å². The van der Waals surface area contributed by atoms with Crippen molar-refractivity contribution in [2.45, 2.75) is 38.3 Å². The summed E-state index contributed by atoms with van der Waals surface area (Å²) in [5, 5.41) is 4.16. The van der Waals surface area contributed by atoms with Crippen LogP contribution in [0.25, 0.3) is 0 Å². The Hall–Kier alpha value is -2.37. The molecule has 6 nitrogen and oxygen atoms in total. The molecule has 2 bridgehead atoms. The zero-order chi connectivity index (χ0) is 16.5. The van der Waals surface area contributed by atoms with Crippen LogP contribution in [0.5, 0.6) is 0 Å². The van der Waals surface area contributed by atoms with Crippen LogP contribution in [0.4, 0.5) is 0 Å². The molecule has 0 N–H and O–H groups in total. The number of aryl methyl sites for hydroxylation is 1. The second kappa shape index (κ2) is 6.26. The Kier molecular flexibility index (Phi) is 3.96. The Labute approximate surface area is 140 Å². The topological polar surface area (TPSA) is 60.1 Å². The van der Waals surface area contributed by atoms with Gasteiger partial charge < -0.3 is 9.47 Å². The monoisotopic (exact) mass is 326 g/mol. The summed E-state index contributed by atoms with van der Waals surface area (Å²) in [6.07, 6.45) is 6.13. The van der Waals surface area contributed by atoms with Gasteiger partial charge in [-0.1, -0.05) is 6.07 Å². The van der Waals surface area contributed by atoms with Crippen molar-refractivity contribution in [1.29, 1.82) is 0 Å². The largest absolute Gasteiger partial charge is 0.342 e. The van der Waals surface area contributed by atoms with E-state index in [1.807, 2.05) is 38.5 Å². The van der Waals surface area contributed by atoms with E-state index in [9.17, 15) is 9.59 Å². The van der Waals surface area contributed by atoms with E-state index in [1.165, 1.54) is 0 Å². The van der Waals surface area contributed by atoms with Gasteiger partial charge >= 0.3 is 0 Å². The molecule has 0 saturated carbocycles. The number of nitrogens with zero attached hydrogens (tertiary/aromatic N) is 4. The molecule has 1 amide bonds. The van der Waals surface area contributed by atoms with Gasteiger partial charge in [0.15, 0.2) is 0 Å². The fraction of sp³-hybridized carbons (Fsp3) is 0.500. The zero-order valence-electron chi connectivity index (χ0n) is 13.7. The number of piperidine rings is 1. The smallest absolute Gasteiger partial charge is 0.250 e. The van der Waals surface area contributed by atoms with E-state index in [-0.39, 0.29) is 11.5 Å². The molecule has 2 atom stereocenters. The first-order chi connectivity index (χ1) is 11.7. The molecule has 4 rings (SSSR count). The predicted octanol–water partition coefficient (Wildman–Crippen LogP) is 1.47. The molecule has 4 heterocycles. The van der Waals surface area contributed by atoms with E-state index in [0.29, 0.717) is 18.3 Å². The minimum Gasteiger partial charge on any atom is -0.342 e. The van der Waals surface area contributed by atoms with Crippen molar-refractivity contribution in [2.75, 3.05) is 13.1 Å². The van der Waals surface area contributed by atoms with E-state index in [4.69, 9.17) is 0 Å². The third-order valence-electron chi connectivity index (χ3n) is 5.17. The number of hydrogen-bond donors (Lipinski definition) is 0. The molecule has 0 radical (unpaired) electrons. The number of likely N-dealkylation sites (tertiary alicyclic amines) is 1. The van der Waals surface area contributed by atoms with Crippen molar-refractivity contribution in [2.24, 2.45) is 5.92 Å². The Morgan fingerprint density at radius 3 is 2.96 bits per heavy atom. The predicted molar refractivity (Wildman–Crippen MR) is 89.6 cm³/mol. The SMILES string of the molecule is O=C(CCCn1cccn1)N1C[C@@H]2C[C@H](C1)c1cccc(=O)n1C2. The number of pyridine rings is 1. The van der Waals surface area contributed by atoms with Crippen LogP contribution in [-0.2, 0) is 17.9 Å². The van der Waals surface area contributed by atoms with Crippen molar-refractivity contribution in [3.63, 3.8) is 0 Å². The molecule has 2 aliphatic rings. The molecular weight excluding hydrogens is 304 g/mol. The highest BCUT2D eigenvalue weighted by molar-refractivity contribution is 5.76. The van der Waals surface area contributed by atoms with Crippen LogP contribution in [0, 0.1) is 5.92 Å². The van der Waals surface area contributed by atoms with Gasteiger partial charge in [-0.05, 0) is 30.9 Å². The normalized spacial score (nSPS) is 22.2. The van der Waals surface area contributed by atoms with E-state index >= 15 is 0 Å². The number of carbonyl (C=O) groups is 1. The van der Waals surface area contributed by atoms with Crippen LogP contribution >= 0.6 is 0 Å². The molecule has 0 aliphatic carbocycles. The summed E-state index contributed by atoms with van der Waals surface area (Å²) in [5.74, 6) is 0.913. The number of amides is 1. The van der Waals surface area contributed by atoms with E-state index in [1.54, 1.807) is 12.3 Å². The summed E-state index contributed by atoms with van der Waals surface area (Å²) >= 11 is 0. The minimum absolute atomic E-state index is 0.0844. The van der Waals surface area contributed by atoms with Gasteiger partial charge in [-0.15, -0.1) is 0 Å². The number of carbonyl (C=O) groups excluding carboxylic acids is 1. The highest BCUT2D eigenvalue weighted by Crippen LogP contribution is 2.35. The summed E-state index contributed by atoms with van der Waals surface area (Å²) in [6.45, 7) is 3.03. The third kappa shape index (κ3) is 2.88. The van der Waals surface area contributed by atoms with Crippen molar-refractivity contribution >= 4 is 5.91 Å². The molecule has 6 heteroatoms. The fourth-order valence-corrected chi connectivity index (χ4v) is 4.08. The summed E-state index contributed by atoms with van der Waals surface area (Å²) in [4.78, 5) is 26.6. The second-order valence-corrected chi connectivity index (χ2v) is 6.87. The maximum absolute atomic E-state index is 12.6. The number of rotatable bonds is 4. The summed E-state index contributed by atoms with van der Waals surface area (Å²) in [5.41, 5.74) is 1.17. The molecular formula is C18H22N4O2. The number of aromatic nitrogens is 3. The Morgan fingerprint density at radius 1 is 1.21 bits per heavy atom. The first-order valence-corrected chi connectivity index (χ1v) is 8.65. The highest BCUT2D eigenvalue weighted by Gasteiger charge is 2.35. The highest BCUT2D eigenvalue weighted by atomic mass is 16.2. The molecule has 1 fully saturated rings. The first-order valence-electron chi connectivity index (χ1n) is 8.65. The summed E-state index contributed by atoms with van der Waals surface area (Å²) in [7, 11) is 0. The van der Waals surface area contributed by atoms with Gasteiger partial charge in [-0.3, -0.25) is 14.3 Å². The molecule has 2 aliphatic heterocycles. The quantitative estimate of drug-likeness (QED) is 0.855. The standard InChI is InChI=1S/C18H22N4O2/c23-17(6-2-8-21-9-3-7-19-21)20-11-14-10-15(13-20)16-4-1-5-18(24)22(16)12-14/h1,3-5,7,9,14-15H,2,6,8,10-13H2/t14-,15+/m0/s1. The lowest BCUT2D eigenvalue weighted by Gasteiger charge is -2.42. The molecule has 1 saturated heterocycles. The van der Waals surface area contributed by atoms with Crippen LogP contribution in [0.3, 0.4) is 0 Å². The minimum atomic E-state index is 0.0844. The van der Waals surface area contributed by atoms with Crippen molar-refractivity contribution < 1.29 is 4.79 Å². The fourth-order valence-electron chi connectivity index (χ4n) is 4.08. The van der Waals surface area contributed by atoms with Crippen molar-refractivity contribution in [3.8, 4) is 0 Å². The lowest BCUT2D eigenvalue weighted by molar-refractivity contribution is -0.134. The van der Waals surface area contributed by atoms with Gasteiger partial charge in [-0.2, -0.15) is 5.10 Å². The van der Waals surface area contributed by atoms with Crippen LogP contribution in [0.1, 0.15) is 30.9 Å². The Bertz CT molecular complexity index is 781. The van der Waals surface area contributed by atoms with E-state index < -0.39 is 0 Å². The lowest BCUT2D eigenvalue weighted by Crippen LogP contribution is -2.49. The third-order valence-corrected chi connectivity index (χ3v) is 5.17. The van der Waals surface area contributed by atoms with Gasteiger partial charge in [0, 0.05) is 62.7 Å². The van der Waals surface area contributed by atoms with Crippen LogP contribution in [0.15, 0.2) is 41.5 Å². The summed E-state index contributed by atoms with van der Waals surface area (Å²) in [6, 6.07) is 7.39. The van der Waals surface area contributed by atoms with Gasteiger partial charge in [0.2, 0.25) is 5.91 Å². The molecule has 2 aromatic heterocycles. The molecule has 2 aromatic rings. The van der Waals surface area contributed by atoms with Crippen molar-refractivity contribution in [1.82, 2.24) is 19.2 Å². The molecule has 0 spiro atoms. The van der Waals surface area contributed by atoms with E-state index in [2.05, 4.69) is 5.10 Å². The molecule has 126 valence electrons. The maximum Gasteiger partial charge on any atom is 0.250 e. The van der Waals surface area contributed by atoms with Gasteiger partial charge in [0.1, 0.15) is 0 Å². The van der Waals surface area contributed by atoms with E-state index in [0.717, 1.165) is 44.7 Å². The Balaban J connectivity index is 1.40. The maximum atomic E-state index is 12.6. The average molecular weight is 326 g/mol. The first kappa shape index (κ1) is 15.2. The molecule has 0 unspecified atom stereocenters. The molecule has 0 aromatic carbocycles. The lowest BCUT2D eigenvalue weighted by atomic mass is 9.83. The van der Waals surface area contributed by atoms with Gasteiger partial charge in [-0.25, -0.2) is 0 Å². The second-order valence-electron chi connectivity index (χ2n) is 6.87. The number of hydrogen-bond acceptors (Lipinski definition) is 3. The zero-order valence-corrected chi connectivity index (χ0v) is 13.7. The van der Waals surface area contributed by atoms with Gasteiger partial charge in [0.25, 0.3) is 5.56 Å². The molecule has 24 heavy (non-hydrogen) atoms. The van der Waals surface area contributed by atoms with Crippen LogP contribution in [-0.4, -0.2) is 38.2 Å². The van der Waals surface area contributed by atoms with Gasteiger partial charge in [0.05, 0.1) is 0 Å². The number of fused-ring (bicyclic) bond motifs is 4. The summed E-state index contributed by atoms with van der Waals surface area (Å²) < 4.78 is 3.76. The Morgan fingerprint density at radius 2 is 2.12 bits per heavy atom. The van der Waals surface area contributed by atoms with Crippen LogP contribution in [0.2, 0.25) is 0 Å².